The highest BCUT2D eigenvalue weighted by atomic mass is 19.1. The highest BCUT2D eigenvalue weighted by Gasteiger charge is 2.22. The van der Waals surface area contributed by atoms with Crippen molar-refractivity contribution in [3.05, 3.63) is 29.6 Å². The Hall–Kier alpha value is -1.05. The van der Waals surface area contributed by atoms with Crippen molar-refractivity contribution in [3.63, 3.8) is 0 Å². The molecule has 1 aromatic carbocycles. The van der Waals surface area contributed by atoms with Crippen molar-refractivity contribution in [2.45, 2.75) is 90.4 Å². The van der Waals surface area contributed by atoms with Gasteiger partial charge in [0.2, 0.25) is 0 Å². The van der Waals surface area contributed by atoms with Crippen molar-refractivity contribution < 1.29 is 9.13 Å². The van der Waals surface area contributed by atoms with Gasteiger partial charge in [0.05, 0.1) is 6.61 Å². The molecule has 2 rings (SSSR count). The van der Waals surface area contributed by atoms with Crippen LogP contribution in [0.4, 0.5) is 4.39 Å². The zero-order valence-corrected chi connectivity index (χ0v) is 15.7. The Bertz CT molecular complexity index is 463. The highest BCUT2D eigenvalue weighted by molar-refractivity contribution is 5.31. The molecule has 0 bridgehead atoms. The second-order valence-electron chi connectivity index (χ2n) is 7.46. The maximum absolute atomic E-state index is 14.1. The van der Waals surface area contributed by atoms with Gasteiger partial charge in [-0.3, -0.25) is 0 Å². The van der Waals surface area contributed by atoms with Gasteiger partial charge in [-0.05, 0) is 61.6 Å². The van der Waals surface area contributed by atoms with Crippen LogP contribution in [-0.4, -0.2) is 6.61 Å². The summed E-state index contributed by atoms with van der Waals surface area (Å²) in [4.78, 5) is 0. The van der Waals surface area contributed by atoms with Crippen molar-refractivity contribution in [1.82, 2.24) is 0 Å². The summed E-state index contributed by atoms with van der Waals surface area (Å²) >= 11 is 0. The number of benzene rings is 1. The van der Waals surface area contributed by atoms with Crippen LogP contribution in [0.25, 0.3) is 0 Å². The summed E-state index contributed by atoms with van der Waals surface area (Å²) in [5, 5.41) is 0. The lowest BCUT2D eigenvalue weighted by molar-refractivity contribution is 0.295. The fraction of sp³-hybridized carbons (Fsp3) is 0.727. The van der Waals surface area contributed by atoms with E-state index in [1.165, 1.54) is 64.2 Å². The average Bonchev–Trinajstić information content (AvgIpc) is 2.61. The number of hydrogen-bond donors (Lipinski definition) is 0. The fourth-order valence-corrected chi connectivity index (χ4v) is 3.92. The monoisotopic (exact) mass is 334 g/mol. The van der Waals surface area contributed by atoms with Crippen LogP contribution in [0, 0.1) is 11.7 Å². The lowest BCUT2D eigenvalue weighted by Gasteiger charge is -2.29. The van der Waals surface area contributed by atoms with E-state index in [0.717, 1.165) is 17.9 Å². The van der Waals surface area contributed by atoms with Crippen molar-refractivity contribution >= 4 is 0 Å². The van der Waals surface area contributed by atoms with Crippen LogP contribution in [0.2, 0.25) is 0 Å². The quantitative estimate of drug-likeness (QED) is 0.409. The van der Waals surface area contributed by atoms with Gasteiger partial charge in [0.25, 0.3) is 0 Å². The minimum absolute atomic E-state index is 0.195. The van der Waals surface area contributed by atoms with Gasteiger partial charge < -0.3 is 4.74 Å². The summed E-state index contributed by atoms with van der Waals surface area (Å²) < 4.78 is 19.6. The Kier molecular flexibility index (Phi) is 8.63. The van der Waals surface area contributed by atoms with Gasteiger partial charge in [0, 0.05) is 0 Å². The Morgan fingerprint density at radius 3 is 2.38 bits per heavy atom. The predicted octanol–water partition coefficient (Wildman–Crippen LogP) is 7.25. The predicted molar refractivity (Wildman–Crippen MR) is 100 cm³/mol. The molecule has 0 amide bonds. The van der Waals surface area contributed by atoms with Crippen LogP contribution in [0.1, 0.15) is 96.0 Å². The van der Waals surface area contributed by atoms with Crippen molar-refractivity contribution in [2.24, 2.45) is 5.92 Å². The molecule has 1 aliphatic rings. The largest absolute Gasteiger partial charge is 0.491 e. The average molecular weight is 335 g/mol. The first-order chi connectivity index (χ1) is 11.7. The normalized spacial score (nSPS) is 21.0. The lowest BCUT2D eigenvalue weighted by Crippen LogP contribution is -2.13. The molecule has 0 aromatic heterocycles. The molecule has 136 valence electrons. The van der Waals surface area contributed by atoms with Crippen molar-refractivity contribution in [2.75, 3.05) is 6.61 Å². The number of hydrogen-bond acceptors (Lipinski definition) is 1. The standard InChI is InChI=1S/C22H35FO/c1-3-5-6-7-8-9-18-10-12-19(13-11-18)20-14-15-22(21(23)17-20)24-16-4-2/h14-15,17-19H,3-13,16H2,1-2H3. The van der Waals surface area contributed by atoms with E-state index >= 15 is 0 Å². The summed E-state index contributed by atoms with van der Waals surface area (Å²) in [6.07, 6.45) is 14.3. The number of unbranched alkanes of at least 4 members (excludes halogenated alkanes) is 4. The van der Waals surface area contributed by atoms with Gasteiger partial charge in [0.1, 0.15) is 0 Å². The van der Waals surface area contributed by atoms with Crippen LogP contribution in [0.3, 0.4) is 0 Å². The Labute approximate surface area is 148 Å². The van der Waals surface area contributed by atoms with E-state index in [1.54, 1.807) is 6.07 Å². The van der Waals surface area contributed by atoms with E-state index in [4.69, 9.17) is 4.74 Å². The third-order valence-electron chi connectivity index (χ3n) is 5.45. The first-order valence-electron chi connectivity index (χ1n) is 10.2. The Morgan fingerprint density at radius 2 is 1.71 bits per heavy atom. The van der Waals surface area contributed by atoms with Gasteiger partial charge in [-0.25, -0.2) is 4.39 Å². The van der Waals surface area contributed by atoms with Crippen LogP contribution >= 0.6 is 0 Å². The number of halogens is 1. The SMILES string of the molecule is CCCCCCCC1CCC(c2ccc(OCCC)c(F)c2)CC1. The molecule has 1 aliphatic carbocycles. The molecule has 2 heteroatoms. The third kappa shape index (κ3) is 6.11. The van der Waals surface area contributed by atoms with Gasteiger partial charge >= 0.3 is 0 Å². The highest BCUT2D eigenvalue weighted by Crippen LogP contribution is 2.38. The molecule has 0 unspecified atom stereocenters. The molecule has 1 aromatic rings. The van der Waals surface area contributed by atoms with Crippen LogP contribution in [0.5, 0.6) is 5.75 Å². The zero-order chi connectivity index (χ0) is 17.2. The van der Waals surface area contributed by atoms with Gasteiger partial charge in [0.15, 0.2) is 11.6 Å². The second kappa shape index (κ2) is 10.7. The topological polar surface area (TPSA) is 9.23 Å². The minimum Gasteiger partial charge on any atom is -0.491 e. The summed E-state index contributed by atoms with van der Waals surface area (Å²) in [5.74, 6) is 1.65. The molecule has 1 nitrogen and oxygen atoms in total. The molecular weight excluding hydrogens is 299 g/mol. The van der Waals surface area contributed by atoms with Gasteiger partial charge in [-0.1, -0.05) is 58.4 Å². The van der Waals surface area contributed by atoms with Crippen LogP contribution < -0.4 is 4.74 Å². The van der Waals surface area contributed by atoms with Crippen LogP contribution in [-0.2, 0) is 0 Å². The molecule has 0 heterocycles. The van der Waals surface area contributed by atoms with Gasteiger partial charge in [-0.15, -0.1) is 0 Å². The molecule has 0 aliphatic heterocycles. The van der Waals surface area contributed by atoms with E-state index < -0.39 is 0 Å². The molecular formula is C22H35FO. The molecule has 0 saturated heterocycles. The van der Waals surface area contributed by atoms with E-state index in [9.17, 15) is 4.39 Å². The number of rotatable bonds is 10. The maximum atomic E-state index is 14.1. The van der Waals surface area contributed by atoms with E-state index in [0.29, 0.717) is 18.3 Å². The van der Waals surface area contributed by atoms with E-state index in [-0.39, 0.29) is 5.82 Å². The minimum atomic E-state index is -0.195. The van der Waals surface area contributed by atoms with Crippen LogP contribution in [0.15, 0.2) is 18.2 Å². The summed E-state index contributed by atoms with van der Waals surface area (Å²) in [6, 6.07) is 5.60. The van der Waals surface area contributed by atoms with E-state index in [2.05, 4.69) is 13.0 Å². The molecule has 0 N–H and O–H groups in total. The Morgan fingerprint density at radius 1 is 0.958 bits per heavy atom. The summed E-state index contributed by atoms with van der Waals surface area (Å²) in [7, 11) is 0. The first-order valence-corrected chi connectivity index (χ1v) is 10.2. The zero-order valence-electron chi connectivity index (χ0n) is 15.7. The molecule has 0 spiro atoms. The maximum Gasteiger partial charge on any atom is 0.165 e. The molecule has 24 heavy (non-hydrogen) atoms. The molecule has 0 atom stereocenters. The second-order valence-corrected chi connectivity index (χ2v) is 7.46. The van der Waals surface area contributed by atoms with Crippen molar-refractivity contribution in [3.8, 4) is 5.75 Å². The molecule has 0 radical (unpaired) electrons. The summed E-state index contributed by atoms with van der Waals surface area (Å²) in [5.41, 5.74) is 1.16. The third-order valence-corrected chi connectivity index (χ3v) is 5.45. The molecule has 1 saturated carbocycles. The summed E-state index contributed by atoms with van der Waals surface area (Å²) in [6.45, 7) is 4.89. The number of ether oxygens (including phenoxy) is 1. The first kappa shape index (κ1) is 19.3. The fourth-order valence-electron chi connectivity index (χ4n) is 3.92. The lowest BCUT2D eigenvalue weighted by atomic mass is 9.77. The van der Waals surface area contributed by atoms with E-state index in [1.807, 2.05) is 13.0 Å². The smallest absolute Gasteiger partial charge is 0.165 e. The van der Waals surface area contributed by atoms with Crippen molar-refractivity contribution in [1.29, 1.82) is 0 Å². The molecule has 1 fully saturated rings. The Balaban J connectivity index is 1.74. The van der Waals surface area contributed by atoms with Gasteiger partial charge in [-0.2, -0.15) is 0 Å².